The summed E-state index contributed by atoms with van der Waals surface area (Å²) in [5.74, 6) is -8.21. The summed E-state index contributed by atoms with van der Waals surface area (Å²) in [5, 5.41) is 2.26. The molecule has 1 aliphatic heterocycles. The fourth-order valence-corrected chi connectivity index (χ4v) is 12.1. The quantitative estimate of drug-likeness (QED) is 0.0728. The molecule has 360 valence electrons. The van der Waals surface area contributed by atoms with E-state index in [0.717, 1.165) is 64.3 Å². The molecule has 4 aromatic rings. The number of benzene rings is 4. The van der Waals surface area contributed by atoms with Gasteiger partial charge in [0.25, 0.3) is 10.0 Å². The predicted molar refractivity (Wildman–Crippen MR) is 246 cm³/mol. The molecule has 2 unspecified atom stereocenters. The van der Waals surface area contributed by atoms with Crippen molar-refractivity contribution in [3.63, 3.8) is 0 Å². The Morgan fingerprint density at radius 1 is 0.824 bits per heavy atom. The molecule has 0 saturated heterocycles. The van der Waals surface area contributed by atoms with Crippen molar-refractivity contribution in [2.24, 2.45) is 10.9 Å². The summed E-state index contributed by atoms with van der Waals surface area (Å²) in [7, 11) is -21.8. The maximum Gasteiger partial charge on any atom is 0.450 e. The first-order chi connectivity index (χ1) is 31.7. The number of hydrogen-bond acceptors (Lipinski definition) is 11. The molecule has 1 heterocycles. The van der Waals surface area contributed by atoms with Crippen LogP contribution in [0.15, 0.2) is 142 Å². The first-order valence-corrected chi connectivity index (χ1v) is 24.8. The Kier molecular flexibility index (Phi) is 13.1. The number of fused-ring (bicyclic) bond motifs is 2. The van der Waals surface area contributed by atoms with E-state index in [1.165, 1.54) is 24.3 Å². The van der Waals surface area contributed by atoms with E-state index in [9.17, 15) is 30.5 Å². The number of aryl methyl sites for hydroxylation is 2. The summed E-state index contributed by atoms with van der Waals surface area (Å²) in [5.41, 5.74) is 6.43. The lowest BCUT2D eigenvalue weighted by atomic mass is 9.83. The maximum atomic E-state index is 15.6. The van der Waals surface area contributed by atoms with Gasteiger partial charge in [-0.1, -0.05) is 80.3 Å². The maximum absolute atomic E-state index is 15.6. The van der Waals surface area contributed by atoms with Gasteiger partial charge >= 0.3 is 26.5 Å². The van der Waals surface area contributed by atoms with Gasteiger partial charge in [-0.3, -0.25) is 4.99 Å². The molecule has 0 fully saturated rings. The van der Waals surface area contributed by atoms with E-state index in [-0.39, 0.29) is 40.4 Å². The molecule has 12 nitrogen and oxygen atoms in total. The van der Waals surface area contributed by atoms with Crippen LogP contribution in [0, 0.1) is 25.0 Å². The average molecular weight is 1000 g/mol. The zero-order chi connectivity index (χ0) is 49.9. The van der Waals surface area contributed by atoms with E-state index < -0.39 is 72.8 Å². The molecule has 0 bridgehead atoms. The minimum atomic E-state index is -8.03. The van der Waals surface area contributed by atoms with Crippen molar-refractivity contribution in [3.8, 4) is 11.5 Å². The summed E-state index contributed by atoms with van der Waals surface area (Å²) >= 11 is 0. The normalized spacial score (nSPS) is 18.8. The second-order valence-electron chi connectivity index (χ2n) is 16.4. The fourth-order valence-electron chi connectivity index (χ4n) is 8.10. The van der Waals surface area contributed by atoms with Crippen LogP contribution in [0.25, 0.3) is 11.6 Å². The van der Waals surface area contributed by atoms with Crippen molar-refractivity contribution >= 4 is 58.9 Å². The topological polar surface area (TPSA) is 172 Å². The molecule has 3 aliphatic rings. The number of rotatable bonds is 14. The minimum absolute atomic E-state index is 0.0268. The Morgan fingerprint density at radius 3 is 2.10 bits per heavy atom. The van der Waals surface area contributed by atoms with Gasteiger partial charge in [0.15, 0.2) is 0 Å². The van der Waals surface area contributed by atoms with Gasteiger partial charge in [0.05, 0.1) is 10.6 Å². The third-order valence-corrected chi connectivity index (χ3v) is 16.5. The Bertz CT molecular complexity index is 3220. The standard InChI is InChI=1S/C47H42F6N3O9S3/c1-7-32-15-19-35(20-16-32)65-68(62,63)47(52,53)45(48,49)46(50,51)67(60,61)56(57)66(58,59)41-14-9-8-13-38(41)42-36-21-17-33(54-43-28(3)11-10-12-29(43)4)25-39(36)64-40-26-34(18-22-37(40)42)55-44-30(5)23-27(2)24-31(44)6/h7-23,25,27,40,54H,1,24,26H2,2-6H3/q-1. The second kappa shape index (κ2) is 17.8. The Morgan fingerprint density at radius 2 is 1.47 bits per heavy atom. The first-order valence-electron chi connectivity index (χ1n) is 20.6. The molecule has 21 heteroatoms. The molecular weight excluding hydrogens is 961 g/mol. The summed E-state index contributed by atoms with van der Waals surface area (Å²) in [4.78, 5) is 3.59. The third kappa shape index (κ3) is 8.58. The van der Waals surface area contributed by atoms with E-state index in [2.05, 4.69) is 29.1 Å². The monoisotopic (exact) mass is 1000 g/mol. The number of halogens is 6. The van der Waals surface area contributed by atoms with Gasteiger partial charge in [-0.15, -0.1) is 0 Å². The number of aliphatic imine (C=N–C) groups is 1. The second-order valence-corrected chi connectivity index (χ2v) is 21.8. The van der Waals surface area contributed by atoms with Crippen LogP contribution in [0.5, 0.6) is 11.5 Å². The molecule has 7 rings (SSSR count). The number of anilines is 2. The van der Waals surface area contributed by atoms with Gasteiger partial charge in [0.1, 0.15) is 17.6 Å². The zero-order valence-corrected chi connectivity index (χ0v) is 39.2. The summed E-state index contributed by atoms with van der Waals surface area (Å²) in [6.45, 7) is 13.1. The Labute approximate surface area is 389 Å². The average Bonchev–Trinajstić information content (AvgIpc) is 3.27. The molecule has 4 aromatic carbocycles. The van der Waals surface area contributed by atoms with Gasteiger partial charge in [0.2, 0.25) is 10.0 Å². The lowest BCUT2D eigenvalue weighted by Crippen LogP contribution is -2.63. The van der Waals surface area contributed by atoms with Crippen molar-refractivity contribution in [1.29, 1.82) is 0 Å². The number of allylic oxidation sites excluding steroid dienone is 4. The largest absolute Gasteiger partial charge is 0.758 e. The van der Waals surface area contributed by atoms with Crippen LogP contribution >= 0.6 is 0 Å². The lowest BCUT2D eigenvalue weighted by molar-refractivity contribution is -0.246. The van der Waals surface area contributed by atoms with Crippen molar-refractivity contribution < 1.29 is 60.5 Å². The molecule has 0 radical (unpaired) electrons. The number of nitrogens with one attached hydrogen (secondary N) is 1. The Hall–Kier alpha value is -6.00. The molecule has 1 N–H and O–H groups in total. The SMILES string of the molecule is C=Cc1ccc(OS(=O)(=O)C(F)(F)C(F)(F)C(F)(F)S(=O)(=O)N([O-])S(=O)(=O)c2ccccc2C2=C3C=CC(=NC4=C(C)CC(C)C=C4C)CC3Oc3cc(Nc4c(C)cccc4C)ccc32)cc1. The number of ether oxygens (including phenoxy) is 1. The number of para-hydroxylation sites is 1. The minimum Gasteiger partial charge on any atom is -0.758 e. The van der Waals surface area contributed by atoms with Crippen LogP contribution in [0.2, 0.25) is 0 Å². The predicted octanol–water partition coefficient (Wildman–Crippen LogP) is 11.0. The van der Waals surface area contributed by atoms with E-state index in [0.29, 0.717) is 29.6 Å². The summed E-state index contributed by atoms with van der Waals surface area (Å²) in [6, 6.07) is 17.6. The number of hydrogen-bond donors (Lipinski definition) is 1. The van der Waals surface area contributed by atoms with Crippen molar-refractivity contribution in [2.45, 2.75) is 74.9 Å². The smallest absolute Gasteiger partial charge is 0.450 e. The summed E-state index contributed by atoms with van der Waals surface area (Å²) in [6.07, 6.45) is 6.33. The summed E-state index contributed by atoms with van der Waals surface area (Å²) < 4.78 is 180. The van der Waals surface area contributed by atoms with Crippen LogP contribution in [0.4, 0.5) is 37.7 Å². The molecule has 0 amide bonds. The number of alkyl halides is 6. The number of sulfonamides is 2. The van der Waals surface area contributed by atoms with Gasteiger partial charge in [-0.25, -0.2) is 16.8 Å². The zero-order valence-electron chi connectivity index (χ0n) is 36.7. The third-order valence-electron chi connectivity index (χ3n) is 11.5. The van der Waals surface area contributed by atoms with Gasteiger partial charge in [-0.05, 0) is 104 Å². The van der Waals surface area contributed by atoms with Crippen LogP contribution < -0.4 is 14.2 Å². The van der Waals surface area contributed by atoms with Crippen LogP contribution in [0.1, 0.15) is 61.4 Å². The van der Waals surface area contributed by atoms with Gasteiger partial charge in [-0.2, -0.15) is 38.6 Å². The highest BCUT2D eigenvalue weighted by Gasteiger charge is 2.83. The van der Waals surface area contributed by atoms with E-state index in [1.807, 2.05) is 45.9 Å². The molecule has 2 atom stereocenters. The van der Waals surface area contributed by atoms with E-state index in [4.69, 9.17) is 9.73 Å². The highest BCUT2D eigenvalue weighted by Crippen LogP contribution is 2.53. The van der Waals surface area contributed by atoms with Crippen LogP contribution in [-0.4, -0.2) is 57.4 Å². The first kappa shape index (κ1) is 49.9. The molecular formula is C47H42F6N3O9S3-. The van der Waals surface area contributed by atoms with Crippen LogP contribution in [0.3, 0.4) is 0 Å². The molecule has 68 heavy (non-hydrogen) atoms. The molecule has 2 aliphatic carbocycles. The van der Waals surface area contributed by atoms with Crippen LogP contribution in [-0.2, 0) is 30.2 Å². The van der Waals surface area contributed by atoms with E-state index in [1.54, 1.807) is 18.2 Å². The Balaban J connectivity index is 1.32. The highest BCUT2D eigenvalue weighted by molar-refractivity contribution is 8.04. The highest BCUT2D eigenvalue weighted by atomic mass is 32.3. The fraction of sp³-hybridized carbons (Fsp3) is 0.255. The number of nitrogens with zero attached hydrogens (tertiary/aromatic N) is 2. The molecule has 0 aromatic heterocycles. The molecule has 0 saturated carbocycles. The van der Waals surface area contributed by atoms with Gasteiger partial charge < -0.3 is 19.4 Å². The van der Waals surface area contributed by atoms with E-state index >= 15 is 26.3 Å². The van der Waals surface area contributed by atoms with Gasteiger partial charge in [0, 0.05) is 51.8 Å². The lowest BCUT2D eigenvalue weighted by Gasteiger charge is -2.36. The van der Waals surface area contributed by atoms with Crippen molar-refractivity contribution in [3.05, 3.63) is 165 Å². The molecule has 0 spiro atoms. The van der Waals surface area contributed by atoms with Crippen molar-refractivity contribution in [1.82, 2.24) is 3.87 Å². The van der Waals surface area contributed by atoms with Crippen molar-refractivity contribution in [2.75, 3.05) is 5.32 Å².